The molecule has 0 atom stereocenters. The highest BCUT2D eigenvalue weighted by Crippen LogP contribution is 2.39. The van der Waals surface area contributed by atoms with E-state index in [1.165, 1.54) is 0 Å². The minimum absolute atomic E-state index is 0.00541. The van der Waals surface area contributed by atoms with E-state index in [-0.39, 0.29) is 19.0 Å². The van der Waals surface area contributed by atoms with Gasteiger partial charge in [0.15, 0.2) is 5.82 Å². The summed E-state index contributed by atoms with van der Waals surface area (Å²) in [5, 5.41) is 4.95. The van der Waals surface area contributed by atoms with Gasteiger partial charge in [0.25, 0.3) is 0 Å². The highest BCUT2D eigenvalue weighted by Gasteiger charge is 2.43. The zero-order valence-electron chi connectivity index (χ0n) is 11.1. The summed E-state index contributed by atoms with van der Waals surface area (Å²) in [4.78, 5) is 19.4. The first-order valence-corrected chi connectivity index (χ1v) is 6.81. The van der Waals surface area contributed by atoms with Gasteiger partial charge in [-0.15, -0.1) is 5.06 Å². The number of halogens is 3. The molecular weight excluding hydrogens is 291 g/mol. The lowest BCUT2D eigenvalue weighted by molar-refractivity contribution is -0.241. The third kappa shape index (κ3) is 3.34. The third-order valence-electron chi connectivity index (χ3n) is 3.65. The molecule has 0 spiro atoms. The SMILES string of the molecule is O=C(ON1CCC(c2nc(C3CC3)no2)CC1)C(F)(F)F. The lowest BCUT2D eigenvalue weighted by Crippen LogP contribution is -2.39. The van der Waals surface area contributed by atoms with Gasteiger partial charge in [-0.3, -0.25) is 0 Å². The molecule has 2 aliphatic rings. The Bertz CT molecular complexity index is 519. The Morgan fingerprint density at radius 3 is 2.43 bits per heavy atom. The van der Waals surface area contributed by atoms with E-state index in [0.29, 0.717) is 24.7 Å². The van der Waals surface area contributed by atoms with Gasteiger partial charge in [-0.05, 0) is 25.7 Å². The van der Waals surface area contributed by atoms with Crippen molar-refractivity contribution >= 4 is 5.97 Å². The van der Waals surface area contributed by atoms with Crippen LogP contribution in [0.5, 0.6) is 0 Å². The predicted octanol–water partition coefficient (Wildman–Crippen LogP) is 2.15. The maximum Gasteiger partial charge on any atom is 0.492 e. The predicted molar refractivity (Wildman–Crippen MR) is 62.0 cm³/mol. The zero-order chi connectivity index (χ0) is 15.0. The van der Waals surface area contributed by atoms with Crippen molar-refractivity contribution in [1.29, 1.82) is 0 Å². The van der Waals surface area contributed by atoms with Gasteiger partial charge in [0.2, 0.25) is 5.89 Å². The largest absolute Gasteiger partial charge is 0.492 e. The number of carbonyl (C=O) groups is 1. The first-order valence-electron chi connectivity index (χ1n) is 6.81. The minimum atomic E-state index is -4.97. The van der Waals surface area contributed by atoms with Gasteiger partial charge in [-0.1, -0.05) is 5.16 Å². The summed E-state index contributed by atoms with van der Waals surface area (Å²) in [6.45, 7) is 0.432. The van der Waals surface area contributed by atoms with Crippen molar-refractivity contribution in [3.8, 4) is 0 Å². The van der Waals surface area contributed by atoms with Crippen LogP contribution in [0.3, 0.4) is 0 Å². The summed E-state index contributed by atoms with van der Waals surface area (Å²) >= 11 is 0. The van der Waals surface area contributed by atoms with E-state index in [1.54, 1.807) is 0 Å². The number of hydrogen-bond acceptors (Lipinski definition) is 6. The van der Waals surface area contributed by atoms with Crippen molar-refractivity contribution < 1.29 is 27.3 Å². The Morgan fingerprint density at radius 2 is 1.86 bits per heavy atom. The van der Waals surface area contributed by atoms with Crippen LogP contribution in [-0.2, 0) is 9.63 Å². The number of carbonyl (C=O) groups excluding carboxylic acids is 1. The number of hydroxylamine groups is 2. The molecule has 1 aliphatic heterocycles. The van der Waals surface area contributed by atoms with Crippen LogP contribution in [0.25, 0.3) is 0 Å². The Balaban J connectivity index is 1.51. The highest BCUT2D eigenvalue weighted by molar-refractivity contribution is 5.75. The van der Waals surface area contributed by atoms with Gasteiger partial charge in [0, 0.05) is 24.9 Å². The molecule has 1 aromatic rings. The molecule has 1 saturated carbocycles. The molecule has 0 bridgehead atoms. The number of nitrogens with zero attached hydrogens (tertiary/aromatic N) is 3. The van der Waals surface area contributed by atoms with E-state index >= 15 is 0 Å². The molecule has 21 heavy (non-hydrogen) atoms. The van der Waals surface area contributed by atoms with E-state index in [9.17, 15) is 18.0 Å². The molecule has 0 aromatic carbocycles. The molecule has 2 heterocycles. The van der Waals surface area contributed by atoms with E-state index in [4.69, 9.17) is 4.52 Å². The van der Waals surface area contributed by atoms with Crippen molar-refractivity contribution in [2.75, 3.05) is 13.1 Å². The molecule has 3 rings (SSSR count). The van der Waals surface area contributed by atoms with Crippen LogP contribution in [0, 0.1) is 0 Å². The van der Waals surface area contributed by atoms with Crippen LogP contribution >= 0.6 is 0 Å². The maximum absolute atomic E-state index is 12.1. The Morgan fingerprint density at radius 1 is 1.19 bits per heavy atom. The minimum Gasteiger partial charge on any atom is -0.361 e. The smallest absolute Gasteiger partial charge is 0.361 e. The summed E-state index contributed by atoms with van der Waals surface area (Å²) in [6.07, 6.45) is -1.80. The molecule has 0 radical (unpaired) electrons. The fourth-order valence-electron chi connectivity index (χ4n) is 2.28. The summed E-state index contributed by atoms with van der Waals surface area (Å²) < 4.78 is 41.5. The molecule has 1 aliphatic carbocycles. The van der Waals surface area contributed by atoms with Crippen LogP contribution in [0.15, 0.2) is 4.52 Å². The monoisotopic (exact) mass is 305 g/mol. The first kappa shape index (κ1) is 14.3. The van der Waals surface area contributed by atoms with Crippen molar-refractivity contribution in [1.82, 2.24) is 15.2 Å². The van der Waals surface area contributed by atoms with E-state index < -0.39 is 12.1 Å². The molecule has 6 nitrogen and oxygen atoms in total. The van der Waals surface area contributed by atoms with Crippen molar-refractivity contribution in [2.24, 2.45) is 0 Å². The summed E-state index contributed by atoms with van der Waals surface area (Å²) in [7, 11) is 0. The summed E-state index contributed by atoms with van der Waals surface area (Å²) in [6, 6.07) is 0. The van der Waals surface area contributed by atoms with E-state index in [2.05, 4.69) is 15.0 Å². The third-order valence-corrected chi connectivity index (χ3v) is 3.65. The molecule has 0 amide bonds. The van der Waals surface area contributed by atoms with Crippen LogP contribution in [-0.4, -0.2) is 40.4 Å². The lowest BCUT2D eigenvalue weighted by atomic mass is 9.98. The van der Waals surface area contributed by atoms with Crippen molar-refractivity contribution in [3.05, 3.63) is 11.7 Å². The molecule has 2 fully saturated rings. The van der Waals surface area contributed by atoms with Crippen LogP contribution in [0.4, 0.5) is 13.2 Å². The van der Waals surface area contributed by atoms with Gasteiger partial charge < -0.3 is 9.36 Å². The van der Waals surface area contributed by atoms with Crippen LogP contribution in [0.1, 0.15) is 49.2 Å². The number of rotatable bonds is 3. The van der Waals surface area contributed by atoms with Crippen molar-refractivity contribution in [2.45, 2.75) is 43.7 Å². The Kier molecular flexibility index (Phi) is 3.60. The second-order valence-electron chi connectivity index (χ2n) is 5.34. The van der Waals surface area contributed by atoms with Gasteiger partial charge in [-0.25, -0.2) is 4.79 Å². The quantitative estimate of drug-likeness (QED) is 0.852. The molecule has 116 valence electrons. The molecule has 1 saturated heterocycles. The topological polar surface area (TPSA) is 68.5 Å². The molecule has 0 unspecified atom stereocenters. The van der Waals surface area contributed by atoms with Crippen LogP contribution in [0.2, 0.25) is 0 Å². The summed E-state index contributed by atoms with van der Waals surface area (Å²) in [5.41, 5.74) is 0. The van der Waals surface area contributed by atoms with Crippen LogP contribution < -0.4 is 0 Å². The van der Waals surface area contributed by atoms with E-state index in [1.807, 2.05) is 0 Å². The van der Waals surface area contributed by atoms with Crippen molar-refractivity contribution in [3.63, 3.8) is 0 Å². The molecule has 0 N–H and O–H groups in total. The molecule has 9 heteroatoms. The highest BCUT2D eigenvalue weighted by atomic mass is 19.4. The summed E-state index contributed by atoms with van der Waals surface area (Å²) in [5.74, 6) is -0.537. The maximum atomic E-state index is 12.1. The molecule has 1 aromatic heterocycles. The van der Waals surface area contributed by atoms with Gasteiger partial charge in [0.05, 0.1) is 0 Å². The van der Waals surface area contributed by atoms with E-state index in [0.717, 1.165) is 23.7 Å². The van der Waals surface area contributed by atoms with Gasteiger partial charge in [-0.2, -0.15) is 18.2 Å². The number of aromatic nitrogens is 2. The van der Waals surface area contributed by atoms with Gasteiger partial charge >= 0.3 is 12.1 Å². The first-order chi connectivity index (χ1) is 9.93. The number of piperidine rings is 1. The fraction of sp³-hybridized carbons (Fsp3) is 0.750. The standard InChI is InChI=1S/C12H14F3N3O3/c13-12(14,15)11(19)21-18-5-3-8(4-6-18)10-16-9(17-20-10)7-1-2-7/h7-8H,1-6H2. The lowest BCUT2D eigenvalue weighted by Gasteiger charge is -2.28. The Hall–Kier alpha value is -1.64. The average Bonchev–Trinajstić information content (AvgIpc) is 3.17. The number of alkyl halides is 3. The Labute approximate surface area is 118 Å². The molecular formula is C12H14F3N3O3. The average molecular weight is 305 g/mol. The normalized spacial score (nSPS) is 21.5. The second-order valence-corrected chi connectivity index (χ2v) is 5.34. The fourth-order valence-corrected chi connectivity index (χ4v) is 2.28. The van der Waals surface area contributed by atoms with Gasteiger partial charge in [0.1, 0.15) is 0 Å². The zero-order valence-corrected chi connectivity index (χ0v) is 11.1. The number of hydrogen-bond donors (Lipinski definition) is 0. The second kappa shape index (κ2) is 5.28.